The van der Waals surface area contributed by atoms with Crippen LogP contribution in [0.25, 0.3) is 10.1 Å². The summed E-state index contributed by atoms with van der Waals surface area (Å²) < 4.78 is 6.73. The molecule has 2 nitrogen and oxygen atoms in total. The normalized spacial score (nSPS) is 13.7. The van der Waals surface area contributed by atoms with Crippen LogP contribution < -0.4 is 4.74 Å². The molecule has 1 aromatic carbocycles. The third-order valence-electron chi connectivity index (χ3n) is 2.97. The Bertz CT molecular complexity index is 662. The van der Waals surface area contributed by atoms with E-state index in [0.29, 0.717) is 5.88 Å². The van der Waals surface area contributed by atoms with E-state index in [2.05, 4.69) is 33.6 Å². The summed E-state index contributed by atoms with van der Waals surface area (Å²) in [6.07, 6.45) is 2.93. The van der Waals surface area contributed by atoms with Gasteiger partial charge in [-0.15, -0.1) is 0 Å². The Hall–Kier alpha value is -1.87. The van der Waals surface area contributed by atoms with E-state index in [9.17, 15) is 0 Å². The number of pyridine rings is 1. The predicted molar refractivity (Wildman–Crippen MR) is 81.3 cm³/mol. The molecule has 0 atom stereocenters. The van der Waals surface area contributed by atoms with Crippen molar-refractivity contribution in [2.24, 2.45) is 0 Å². The number of rotatable bonds is 2. The summed E-state index contributed by atoms with van der Waals surface area (Å²) >= 11 is 3.54. The van der Waals surface area contributed by atoms with Gasteiger partial charge >= 0.3 is 0 Å². The minimum Gasteiger partial charge on any atom is -0.439 e. The van der Waals surface area contributed by atoms with E-state index in [1.54, 1.807) is 0 Å². The van der Waals surface area contributed by atoms with E-state index < -0.39 is 0 Å². The minimum atomic E-state index is 0.588. The second-order valence-corrected chi connectivity index (χ2v) is 5.17. The molecular weight excluding hydrogens is 302 g/mol. The summed E-state index contributed by atoms with van der Waals surface area (Å²) in [4.78, 5) is 4.54. The van der Waals surface area contributed by atoms with Crippen molar-refractivity contribution in [2.45, 2.75) is 6.42 Å². The highest BCUT2D eigenvalue weighted by Crippen LogP contribution is 2.36. The van der Waals surface area contributed by atoms with Crippen LogP contribution in [0.1, 0.15) is 17.7 Å². The van der Waals surface area contributed by atoms with Crippen LogP contribution in [0.15, 0.2) is 55.1 Å². The van der Waals surface area contributed by atoms with Crippen LogP contribution in [0.4, 0.5) is 0 Å². The molecule has 19 heavy (non-hydrogen) atoms. The second-order valence-electron chi connectivity index (χ2n) is 4.32. The number of benzene rings is 1. The third-order valence-corrected chi connectivity index (χ3v) is 3.67. The first-order valence-electron chi connectivity index (χ1n) is 6.02. The number of nitrogens with zero attached hydrogens (tertiary/aromatic N) is 1. The summed E-state index contributed by atoms with van der Waals surface area (Å²) in [5.74, 6) is 1.37. The lowest BCUT2D eigenvalue weighted by atomic mass is 9.98. The Morgan fingerprint density at radius 3 is 2.68 bits per heavy atom. The molecule has 3 heteroatoms. The topological polar surface area (TPSA) is 22.1 Å². The molecule has 0 spiro atoms. The molecule has 0 bridgehead atoms. The Kier molecular flexibility index (Phi) is 3.22. The molecule has 3 rings (SSSR count). The van der Waals surface area contributed by atoms with Crippen molar-refractivity contribution < 1.29 is 4.74 Å². The van der Waals surface area contributed by atoms with Gasteiger partial charge in [-0.2, -0.15) is 0 Å². The first kappa shape index (κ1) is 12.2. The number of ether oxygens (including phenoxy) is 1. The summed E-state index contributed by atoms with van der Waals surface area (Å²) in [6.45, 7) is 4.06. The molecule has 0 N–H and O–H groups in total. The van der Waals surface area contributed by atoms with Gasteiger partial charge in [-0.1, -0.05) is 30.9 Å². The number of para-hydroxylation sites is 1. The molecule has 0 saturated carbocycles. The zero-order valence-corrected chi connectivity index (χ0v) is 11.9. The maximum absolute atomic E-state index is 5.74. The van der Waals surface area contributed by atoms with Crippen LogP contribution >= 0.6 is 15.9 Å². The summed E-state index contributed by atoms with van der Waals surface area (Å²) in [6, 6.07) is 13.5. The lowest BCUT2D eigenvalue weighted by Crippen LogP contribution is -2.00. The van der Waals surface area contributed by atoms with Crippen LogP contribution in [0.3, 0.4) is 0 Å². The van der Waals surface area contributed by atoms with Crippen LogP contribution in [-0.2, 0) is 0 Å². The molecule has 0 radical (unpaired) electrons. The lowest BCUT2D eigenvalue weighted by Gasteiger charge is -2.16. The Morgan fingerprint density at radius 2 is 1.89 bits per heavy atom. The fourth-order valence-electron chi connectivity index (χ4n) is 1.99. The molecule has 0 saturated heterocycles. The van der Waals surface area contributed by atoms with Crippen LogP contribution in [-0.4, -0.2) is 4.98 Å². The van der Waals surface area contributed by atoms with Crippen LogP contribution in [0.2, 0.25) is 0 Å². The zero-order chi connectivity index (χ0) is 13.2. The van der Waals surface area contributed by atoms with Crippen molar-refractivity contribution in [3.8, 4) is 11.6 Å². The van der Waals surface area contributed by atoms with E-state index in [0.717, 1.165) is 33.5 Å². The van der Waals surface area contributed by atoms with Crippen molar-refractivity contribution in [3.63, 3.8) is 0 Å². The largest absolute Gasteiger partial charge is 0.439 e. The maximum atomic E-state index is 5.74. The Balaban J connectivity index is 1.96. The monoisotopic (exact) mass is 313 g/mol. The summed E-state index contributed by atoms with van der Waals surface area (Å²) in [7, 11) is 0. The number of allylic oxidation sites excluding steroid dienone is 2. The minimum absolute atomic E-state index is 0.588. The van der Waals surface area contributed by atoms with Gasteiger partial charge in [0.2, 0.25) is 5.88 Å². The lowest BCUT2D eigenvalue weighted by molar-refractivity contribution is 0.462. The smallest absolute Gasteiger partial charge is 0.219 e. The van der Waals surface area contributed by atoms with Gasteiger partial charge in [0.05, 0.1) is 5.69 Å². The van der Waals surface area contributed by atoms with Crippen molar-refractivity contribution in [3.05, 3.63) is 66.4 Å². The van der Waals surface area contributed by atoms with Gasteiger partial charge < -0.3 is 4.74 Å². The fourth-order valence-corrected chi connectivity index (χ4v) is 2.46. The number of fused-ring (bicyclic) bond motifs is 1. The van der Waals surface area contributed by atoms with Gasteiger partial charge in [0, 0.05) is 16.1 Å². The second kappa shape index (κ2) is 5.02. The van der Waals surface area contributed by atoms with Crippen molar-refractivity contribution in [1.29, 1.82) is 0 Å². The highest BCUT2D eigenvalue weighted by molar-refractivity contribution is 9.15. The number of hydrogen-bond acceptors (Lipinski definition) is 2. The first-order valence-corrected chi connectivity index (χ1v) is 6.81. The average Bonchev–Trinajstić information content (AvgIpc) is 2.44. The molecule has 0 unspecified atom stereocenters. The van der Waals surface area contributed by atoms with E-state index in [1.807, 2.05) is 42.5 Å². The van der Waals surface area contributed by atoms with Crippen molar-refractivity contribution >= 4 is 26.0 Å². The van der Waals surface area contributed by atoms with Gasteiger partial charge in [0.1, 0.15) is 5.75 Å². The molecule has 0 aliphatic heterocycles. The van der Waals surface area contributed by atoms with Gasteiger partial charge in [0.25, 0.3) is 0 Å². The third kappa shape index (κ3) is 2.47. The molecule has 0 fully saturated rings. The van der Waals surface area contributed by atoms with E-state index in [1.165, 1.54) is 0 Å². The molecule has 1 aliphatic rings. The van der Waals surface area contributed by atoms with Gasteiger partial charge in [-0.05, 0) is 46.1 Å². The SMILES string of the molecule is C=C1CC=C(Br)c2nc(Oc3ccccc3)ccc21. The maximum Gasteiger partial charge on any atom is 0.219 e. The van der Waals surface area contributed by atoms with Crippen LogP contribution in [0, 0.1) is 0 Å². The van der Waals surface area contributed by atoms with Crippen molar-refractivity contribution in [1.82, 2.24) is 4.98 Å². The van der Waals surface area contributed by atoms with Gasteiger partial charge in [-0.25, -0.2) is 4.98 Å². The molecule has 1 aromatic heterocycles. The van der Waals surface area contributed by atoms with Crippen molar-refractivity contribution in [2.75, 3.05) is 0 Å². The quantitative estimate of drug-likeness (QED) is 0.776. The molecule has 94 valence electrons. The average molecular weight is 314 g/mol. The Morgan fingerprint density at radius 1 is 1.11 bits per heavy atom. The van der Waals surface area contributed by atoms with Gasteiger partial charge in [-0.3, -0.25) is 0 Å². The number of aromatic nitrogens is 1. The highest BCUT2D eigenvalue weighted by Gasteiger charge is 2.16. The number of halogens is 1. The number of hydrogen-bond donors (Lipinski definition) is 0. The molecule has 1 aliphatic carbocycles. The summed E-state index contributed by atoms with van der Waals surface area (Å²) in [5, 5.41) is 0. The van der Waals surface area contributed by atoms with E-state index >= 15 is 0 Å². The van der Waals surface area contributed by atoms with Gasteiger partial charge in [0.15, 0.2) is 0 Å². The zero-order valence-electron chi connectivity index (χ0n) is 10.3. The predicted octanol–water partition coefficient (Wildman–Crippen LogP) is 5.03. The summed E-state index contributed by atoms with van der Waals surface area (Å²) in [5.41, 5.74) is 3.05. The molecule has 2 aromatic rings. The molecule has 1 heterocycles. The first-order chi connectivity index (χ1) is 9.24. The fraction of sp³-hybridized carbons (Fsp3) is 0.0625. The molecule has 0 amide bonds. The highest BCUT2D eigenvalue weighted by atomic mass is 79.9. The van der Waals surface area contributed by atoms with E-state index in [4.69, 9.17) is 4.74 Å². The molecular formula is C16H12BrNO. The van der Waals surface area contributed by atoms with E-state index in [-0.39, 0.29) is 0 Å². The van der Waals surface area contributed by atoms with Crippen LogP contribution in [0.5, 0.6) is 11.6 Å². The standard InChI is InChI=1S/C16H12BrNO/c1-11-7-9-14(17)16-13(11)8-10-15(18-16)19-12-5-3-2-4-6-12/h2-6,8-10H,1,7H2. The Labute approximate surface area is 120 Å².